The second-order valence-electron chi connectivity index (χ2n) is 8.47. The van der Waals surface area contributed by atoms with Crippen molar-refractivity contribution in [3.63, 3.8) is 0 Å². The minimum atomic E-state index is -0.434. The zero-order valence-electron chi connectivity index (χ0n) is 14.2. The summed E-state index contributed by atoms with van der Waals surface area (Å²) in [5, 5.41) is 21.0. The summed E-state index contributed by atoms with van der Waals surface area (Å²) in [4.78, 5) is 0. The molecule has 2 aliphatic carbocycles. The Labute approximate surface area is 142 Å². The third-order valence-electron chi connectivity index (χ3n) is 7.50. The van der Waals surface area contributed by atoms with Crippen molar-refractivity contribution in [2.24, 2.45) is 5.92 Å². The van der Waals surface area contributed by atoms with E-state index in [0.717, 1.165) is 43.3 Å². The van der Waals surface area contributed by atoms with E-state index in [-0.39, 0.29) is 17.3 Å². The van der Waals surface area contributed by atoms with E-state index in [2.05, 4.69) is 25.8 Å². The van der Waals surface area contributed by atoms with Gasteiger partial charge in [0.15, 0.2) is 11.5 Å². The third kappa shape index (κ3) is 1.52. The molecule has 24 heavy (non-hydrogen) atoms. The van der Waals surface area contributed by atoms with Crippen LogP contribution in [0, 0.1) is 5.92 Å². The Kier molecular flexibility index (Phi) is 2.81. The molecule has 0 amide bonds. The van der Waals surface area contributed by atoms with Crippen LogP contribution in [0.1, 0.15) is 30.4 Å². The van der Waals surface area contributed by atoms with E-state index in [0.29, 0.717) is 17.7 Å². The maximum atomic E-state index is 10.7. The monoisotopic (exact) mass is 328 g/mol. The van der Waals surface area contributed by atoms with Crippen LogP contribution in [-0.2, 0) is 11.8 Å². The van der Waals surface area contributed by atoms with Gasteiger partial charge in [-0.25, -0.2) is 0 Å². The summed E-state index contributed by atoms with van der Waals surface area (Å²) >= 11 is 0. The molecule has 4 nitrogen and oxygen atoms in total. The lowest BCUT2D eigenvalue weighted by molar-refractivity contribution is -0.940. The largest absolute Gasteiger partial charge is 0.504 e. The van der Waals surface area contributed by atoms with Crippen LogP contribution in [0.3, 0.4) is 0 Å². The highest BCUT2D eigenvalue weighted by Crippen LogP contribution is 2.64. The van der Waals surface area contributed by atoms with Crippen LogP contribution in [0.25, 0.3) is 0 Å². The van der Waals surface area contributed by atoms with Crippen molar-refractivity contribution in [2.75, 3.05) is 20.1 Å². The maximum Gasteiger partial charge on any atom is 0.165 e. The van der Waals surface area contributed by atoms with Crippen molar-refractivity contribution in [3.05, 3.63) is 35.9 Å². The number of benzene rings is 1. The van der Waals surface area contributed by atoms with Crippen LogP contribution in [0.4, 0.5) is 0 Å². The molecule has 2 heterocycles. The van der Waals surface area contributed by atoms with E-state index in [1.165, 1.54) is 11.1 Å². The van der Waals surface area contributed by atoms with Crippen molar-refractivity contribution in [2.45, 2.75) is 49.3 Å². The van der Waals surface area contributed by atoms with Gasteiger partial charge < -0.3 is 19.4 Å². The average molecular weight is 328 g/mol. The van der Waals surface area contributed by atoms with Gasteiger partial charge >= 0.3 is 0 Å². The molecular formula is C20H26NO3+. The SMILES string of the molecule is C=CC[N@+]1(C)CC[C@@]23c4c5ccc(O)c4OC2[C@H](O)CCC3C1C5. The lowest BCUT2D eigenvalue weighted by Crippen LogP contribution is -2.72. The summed E-state index contributed by atoms with van der Waals surface area (Å²) < 4.78 is 7.26. The number of aliphatic hydroxyl groups excluding tert-OH is 1. The number of piperidine rings is 1. The molecule has 0 aromatic heterocycles. The molecule has 4 aliphatic rings. The normalized spacial score (nSPS) is 44.6. The number of likely N-dealkylation sites (tertiary alicyclic amines) is 1. The first-order valence-corrected chi connectivity index (χ1v) is 9.16. The van der Waals surface area contributed by atoms with Gasteiger partial charge in [-0.1, -0.05) is 12.6 Å². The van der Waals surface area contributed by atoms with Gasteiger partial charge in [-0.15, -0.1) is 0 Å². The van der Waals surface area contributed by atoms with Gasteiger partial charge in [-0.05, 0) is 30.5 Å². The number of quaternary nitrogens is 1. The molecular weight excluding hydrogens is 302 g/mol. The molecule has 1 saturated carbocycles. The summed E-state index contributed by atoms with van der Waals surface area (Å²) in [6.07, 6.45) is 5.32. The van der Waals surface area contributed by atoms with Gasteiger partial charge in [-0.2, -0.15) is 0 Å². The summed E-state index contributed by atoms with van der Waals surface area (Å²) in [6.45, 7) is 6.06. The fourth-order valence-corrected chi connectivity index (χ4v) is 6.50. The zero-order chi connectivity index (χ0) is 16.7. The first-order valence-electron chi connectivity index (χ1n) is 9.16. The molecule has 1 spiro atoms. The van der Waals surface area contributed by atoms with Gasteiger partial charge in [0.05, 0.1) is 37.7 Å². The number of hydrogen-bond acceptors (Lipinski definition) is 3. The van der Waals surface area contributed by atoms with Gasteiger partial charge in [0, 0.05) is 24.3 Å². The molecule has 3 unspecified atom stereocenters. The maximum absolute atomic E-state index is 10.7. The minimum absolute atomic E-state index is 0.108. The van der Waals surface area contributed by atoms with E-state index >= 15 is 0 Å². The fourth-order valence-electron chi connectivity index (χ4n) is 6.50. The molecule has 6 atom stereocenters. The third-order valence-corrected chi connectivity index (χ3v) is 7.50. The molecule has 1 saturated heterocycles. The molecule has 2 aliphatic heterocycles. The molecule has 1 aromatic rings. The quantitative estimate of drug-likeness (QED) is 0.646. The number of ether oxygens (including phenoxy) is 1. The number of aromatic hydroxyl groups is 1. The fraction of sp³-hybridized carbons (Fsp3) is 0.600. The average Bonchev–Trinajstić information content (AvgIpc) is 2.91. The predicted octanol–water partition coefficient (Wildman–Crippen LogP) is 2.12. The van der Waals surface area contributed by atoms with Gasteiger partial charge in [0.2, 0.25) is 0 Å². The first kappa shape index (κ1) is 14.8. The Balaban J connectivity index is 1.75. The van der Waals surface area contributed by atoms with E-state index in [1.54, 1.807) is 6.07 Å². The zero-order valence-corrected chi connectivity index (χ0v) is 14.2. The first-order chi connectivity index (χ1) is 11.5. The molecule has 5 rings (SSSR count). The van der Waals surface area contributed by atoms with Crippen LogP contribution in [-0.4, -0.2) is 53.1 Å². The summed E-state index contributed by atoms with van der Waals surface area (Å²) in [5.74, 6) is 1.40. The number of rotatable bonds is 2. The second-order valence-corrected chi connectivity index (χ2v) is 8.47. The summed E-state index contributed by atoms with van der Waals surface area (Å²) in [6, 6.07) is 4.39. The number of phenolic OH excluding ortho intramolecular Hbond substituents is 1. The van der Waals surface area contributed by atoms with Gasteiger partial charge in [0.25, 0.3) is 0 Å². The van der Waals surface area contributed by atoms with Crippen molar-refractivity contribution in [1.82, 2.24) is 0 Å². The van der Waals surface area contributed by atoms with Crippen LogP contribution >= 0.6 is 0 Å². The molecule has 4 heteroatoms. The van der Waals surface area contributed by atoms with E-state index in [9.17, 15) is 10.2 Å². The van der Waals surface area contributed by atoms with E-state index in [1.807, 2.05) is 0 Å². The van der Waals surface area contributed by atoms with Crippen molar-refractivity contribution in [1.29, 1.82) is 0 Å². The Hall–Kier alpha value is -1.52. The highest BCUT2D eigenvalue weighted by Gasteiger charge is 2.68. The number of phenols is 1. The Bertz CT molecular complexity index is 732. The van der Waals surface area contributed by atoms with Crippen molar-refractivity contribution < 1.29 is 19.4 Å². The van der Waals surface area contributed by atoms with E-state index in [4.69, 9.17) is 4.74 Å². The Morgan fingerprint density at radius 1 is 1.42 bits per heavy atom. The topological polar surface area (TPSA) is 49.7 Å². The second kappa shape index (κ2) is 4.55. The summed E-state index contributed by atoms with van der Waals surface area (Å²) in [7, 11) is 2.36. The summed E-state index contributed by atoms with van der Waals surface area (Å²) in [5.41, 5.74) is 2.43. The van der Waals surface area contributed by atoms with E-state index < -0.39 is 6.10 Å². The van der Waals surface area contributed by atoms with Crippen LogP contribution in [0.15, 0.2) is 24.8 Å². The highest BCUT2D eigenvalue weighted by molar-refractivity contribution is 5.60. The molecule has 2 bridgehead atoms. The molecule has 1 aromatic carbocycles. The van der Waals surface area contributed by atoms with Gasteiger partial charge in [0.1, 0.15) is 6.10 Å². The molecule has 2 N–H and O–H groups in total. The molecule has 0 radical (unpaired) electrons. The van der Waals surface area contributed by atoms with Crippen LogP contribution < -0.4 is 4.74 Å². The predicted molar refractivity (Wildman–Crippen MR) is 91.2 cm³/mol. The lowest BCUT2D eigenvalue weighted by atomic mass is 9.51. The van der Waals surface area contributed by atoms with Gasteiger partial charge in [-0.3, -0.25) is 0 Å². The van der Waals surface area contributed by atoms with Crippen molar-refractivity contribution >= 4 is 0 Å². The molecule has 128 valence electrons. The standard InChI is InChI=1S/C20H25NO3/c1-3-9-21(2)10-8-20-13-5-7-16(23)19(20)24-18-15(22)6-4-12(17(18)20)11-14(13)21/h3-4,6,13-14,16,19,23H,1,5,7-11H2,2H3/p+1/t13?,14?,16-,19?,20-,21-/m1/s1. The van der Waals surface area contributed by atoms with Crippen LogP contribution in [0.2, 0.25) is 0 Å². The number of likely N-dealkylation sites (N-methyl/N-ethyl adjacent to an activating group) is 1. The number of hydrogen-bond donors (Lipinski definition) is 2. The molecule has 2 fully saturated rings. The number of nitrogens with zero attached hydrogens (tertiary/aromatic N) is 1. The number of aliphatic hydroxyl groups is 1. The minimum Gasteiger partial charge on any atom is -0.504 e. The Morgan fingerprint density at radius 2 is 2.25 bits per heavy atom. The van der Waals surface area contributed by atoms with Crippen LogP contribution in [0.5, 0.6) is 11.5 Å². The highest BCUT2D eigenvalue weighted by atomic mass is 16.5. The Morgan fingerprint density at radius 3 is 3.04 bits per heavy atom. The lowest BCUT2D eigenvalue weighted by Gasteiger charge is -2.61. The van der Waals surface area contributed by atoms with Crippen molar-refractivity contribution in [3.8, 4) is 11.5 Å². The smallest absolute Gasteiger partial charge is 0.165 e.